The Balaban J connectivity index is 2.43. The predicted molar refractivity (Wildman–Crippen MR) is 129 cm³/mol. The third kappa shape index (κ3) is 7.75. The lowest BCUT2D eigenvalue weighted by atomic mass is 9.89. The molecule has 0 bridgehead atoms. The first-order valence-electron chi connectivity index (χ1n) is 11.3. The lowest BCUT2D eigenvalue weighted by molar-refractivity contribution is -0.253. The van der Waals surface area contributed by atoms with Crippen molar-refractivity contribution in [2.24, 2.45) is 0 Å². The molecule has 172 valence electrons. The van der Waals surface area contributed by atoms with E-state index in [0.29, 0.717) is 0 Å². The Hall–Kier alpha value is -1.68. The highest BCUT2D eigenvalue weighted by molar-refractivity contribution is 5.23. The minimum atomic E-state index is -0.605. The van der Waals surface area contributed by atoms with Gasteiger partial charge < -0.3 is 14.2 Å². The van der Waals surface area contributed by atoms with E-state index in [1.165, 1.54) is 0 Å². The van der Waals surface area contributed by atoms with Crippen molar-refractivity contribution in [3.05, 3.63) is 71.8 Å². The maximum absolute atomic E-state index is 6.90. The third-order valence-electron chi connectivity index (χ3n) is 4.94. The lowest BCUT2D eigenvalue weighted by Gasteiger charge is -2.47. The average molecular weight is 427 g/mol. The fourth-order valence-electron chi connectivity index (χ4n) is 3.97. The van der Waals surface area contributed by atoms with Gasteiger partial charge in [0.15, 0.2) is 0 Å². The highest BCUT2D eigenvalue weighted by atomic mass is 16.6. The molecule has 0 aromatic heterocycles. The Labute approximate surface area is 190 Å². The van der Waals surface area contributed by atoms with E-state index >= 15 is 0 Å². The molecule has 0 amide bonds. The van der Waals surface area contributed by atoms with E-state index in [1.807, 2.05) is 36.4 Å². The van der Waals surface area contributed by atoms with Gasteiger partial charge in [-0.05, 0) is 80.4 Å². The van der Waals surface area contributed by atoms with Gasteiger partial charge in [-0.25, -0.2) is 0 Å². The van der Waals surface area contributed by atoms with Crippen molar-refractivity contribution in [2.75, 3.05) is 0 Å². The molecule has 0 aliphatic carbocycles. The van der Waals surface area contributed by atoms with Crippen LogP contribution in [-0.2, 0) is 14.2 Å². The van der Waals surface area contributed by atoms with E-state index in [1.54, 1.807) is 0 Å². The summed E-state index contributed by atoms with van der Waals surface area (Å²) >= 11 is 0. The lowest BCUT2D eigenvalue weighted by Crippen LogP contribution is -2.48. The number of ether oxygens (including phenoxy) is 3. The van der Waals surface area contributed by atoms with Crippen LogP contribution < -0.4 is 0 Å². The van der Waals surface area contributed by atoms with Gasteiger partial charge >= 0.3 is 0 Å². The van der Waals surface area contributed by atoms with Crippen molar-refractivity contribution in [1.29, 1.82) is 0 Å². The summed E-state index contributed by atoms with van der Waals surface area (Å²) in [4.78, 5) is 0. The molecule has 0 saturated carbocycles. The van der Waals surface area contributed by atoms with Crippen LogP contribution in [0.1, 0.15) is 92.6 Å². The van der Waals surface area contributed by atoms with Crippen LogP contribution in [0.5, 0.6) is 0 Å². The summed E-state index contributed by atoms with van der Waals surface area (Å²) in [7, 11) is 0. The highest BCUT2D eigenvalue weighted by Gasteiger charge is 2.44. The quantitative estimate of drug-likeness (QED) is 0.433. The molecule has 0 spiro atoms. The topological polar surface area (TPSA) is 27.7 Å². The van der Waals surface area contributed by atoms with E-state index < -0.39 is 11.2 Å². The van der Waals surface area contributed by atoms with Gasteiger partial charge in [0.2, 0.25) is 0 Å². The monoisotopic (exact) mass is 426 g/mol. The van der Waals surface area contributed by atoms with Gasteiger partial charge in [0.05, 0.1) is 22.4 Å². The second-order valence-corrected chi connectivity index (χ2v) is 11.4. The van der Waals surface area contributed by atoms with E-state index in [9.17, 15) is 0 Å². The summed E-state index contributed by atoms with van der Waals surface area (Å²) in [5.74, 6) is 0. The largest absolute Gasteiger partial charge is 0.365 e. The maximum atomic E-state index is 6.90. The number of rotatable bonds is 8. The van der Waals surface area contributed by atoms with Crippen LogP contribution in [0.15, 0.2) is 60.7 Å². The van der Waals surface area contributed by atoms with Crippen molar-refractivity contribution in [1.82, 2.24) is 0 Å². The molecule has 2 aromatic rings. The molecular weight excluding hydrogens is 384 g/mol. The Morgan fingerprint density at radius 2 is 0.774 bits per heavy atom. The molecule has 3 heteroatoms. The van der Waals surface area contributed by atoms with Gasteiger partial charge in [0, 0.05) is 0 Å². The Morgan fingerprint density at radius 3 is 1.03 bits per heavy atom. The van der Waals surface area contributed by atoms with E-state index in [0.717, 1.165) is 11.1 Å². The molecule has 2 aromatic carbocycles. The SMILES string of the molecule is CC(C)(C)OC(c1ccccc1)C(C)(C)OC(C)(C)C(OC(C)(C)C)c1ccccc1. The first-order chi connectivity index (χ1) is 14.1. The van der Waals surface area contributed by atoms with Crippen LogP contribution in [0.25, 0.3) is 0 Å². The second kappa shape index (κ2) is 9.44. The Kier molecular flexibility index (Phi) is 7.79. The van der Waals surface area contributed by atoms with E-state index in [4.69, 9.17) is 14.2 Å². The van der Waals surface area contributed by atoms with Crippen molar-refractivity contribution in [3.8, 4) is 0 Å². The molecule has 31 heavy (non-hydrogen) atoms. The predicted octanol–water partition coefficient (Wildman–Crippen LogP) is 7.67. The number of benzene rings is 2. The molecule has 0 aliphatic heterocycles. The van der Waals surface area contributed by atoms with Gasteiger partial charge in [-0.1, -0.05) is 60.7 Å². The van der Waals surface area contributed by atoms with Crippen LogP contribution in [0.3, 0.4) is 0 Å². The van der Waals surface area contributed by atoms with Gasteiger partial charge in [0.1, 0.15) is 12.2 Å². The zero-order chi connectivity index (χ0) is 23.5. The van der Waals surface area contributed by atoms with E-state index in [2.05, 4.69) is 93.5 Å². The molecule has 2 atom stereocenters. The maximum Gasteiger partial charge on any atom is 0.112 e. The summed E-state index contributed by atoms with van der Waals surface area (Å²) < 4.78 is 20.0. The summed E-state index contributed by atoms with van der Waals surface area (Å²) in [5, 5.41) is 0. The average Bonchev–Trinajstić information content (AvgIpc) is 2.63. The van der Waals surface area contributed by atoms with Gasteiger partial charge in [0.25, 0.3) is 0 Å². The molecule has 0 N–H and O–H groups in total. The van der Waals surface area contributed by atoms with Crippen LogP contribution in [0.2, 0.25) is 0 Å². The molecule has 0 heterocycles. The van der Waals surface area contributed by atoms with Gasteiger partial charge in [-0.2, -0.15) is 0 Å². The molecule has 0 fully saturated rings. The molecule has 0 radical (unpaired) electrons. The zero-order valence-electron chi connectivity index (χ0n) is 21.2. The van der Waals surface area contributed by atoms with Crippen LogP contribution >= 0.6 is 0 Å². The van der Waals surface area contributed by atoms with Crippen molar-refractivity contribution in [2.45, 2.75) is 104 Å². The van der Waals surface area contributed by atoms with Crippen molar-refractivity contribution >= 4 is 0 Å². The van der Waals surface area contributed by atoms with E-state index in [-0.39, 0.29) is 23.4 Å². The first kappa shape index (κ1) is 25.6. The molecular formula is C28H42O3. The van der Waals surface area contributed by atoms with Crippen molar-refractivity contribution in [3.63, 3.8) is 0 Å². The van der Waals surface area contributed by atoms with Crippen LogP contribution in [0, 0.1) is 0 Å². The zero-order valence-corrected chi connectivity index (χ0v) is 21.2. The van der Waals surface area contributed by atoms with Gasteiger partial charge in [-0.15, -0.1) is 0 Å². The molecule has 0 saturated heterocycles. The first-order valence-corrected chi connectivity index (χ1v) is 11.3. The normalized spacial score (nSPS) is 15.5. The smallest absolute Gasteiger partial charge is 0.112 e. The summed E-state index contributed by atoms with van der Waals surface area (Å²) in [6.07, 6.45) is -0.474. The van der Waals surface area contributed by atoms with Crippen LogP contribution in [0.4, 0.5) is 0 Å². The Morgan fingerprint density at radius 1 is 0.484 bits per heavy atom. The summed E-state index contributed by atoms with van der Waals surface area (Å²) in [6.45, 7) is 20.9. The summed E-state index contributed by atoms with van der Waals surface area (Å²) in [6, 6.07) is 20.7. The number of hydrogen-bond donors (Lipinski definition) is 0. The molecule has 2 unspecified atom stereocenters. The fourth-order valence-corrected chi connectivity index (χ4v) is 3.97. The molecule has 0 aliphatic rings. The fraction of sp³-hybridized carbons (Fsp3) is 0.571. The minimum Gasteiger partial charge on any atom is -0.365 e. The van der Waals surface area contributed by atoms with Crippen molar-refractivity contribution < 1.29 is 14.2 Å². The Bertz CT molecular complexity index is 726. The highest BCUT2D eigenvalue weighted by Crippen LogP contribution is 2.43. The van der Waals surface area contributed by atoms with Gasteiger partial charge in [-0.3, -0.25) is 0 Å². The van der Waals surface area contributed by atoms with Crippen LogP contribution in [-0.4, -0.2) is 22.4 Å². The molecule has 3 nitrogen and oxygen atoms in total. The minimum absolute atomic E-state index is 0.237. The third-order valence-corrected chi connectivity index (χ3v) is 4.94. The molecule has 2 rings (SSSR count). The standard InChI is InChI=1S/C28H42O3/c1-25(2,3)29-23(21-17-13-11-14-18-21)27(7,8)31-28(9,10)24(30-26(4,5)6)22-19-15-12-16-20-22/h11-20,23-24H,1-10H3. The number of hydrogen-bond acceptors (Lipinski definition) is 3. The second-order valence-electron chi connectivity index (χ2n) is 11.4. The summed E-state index contributed by atoms with van der Waals surface area (Å²) in [5.41, 5.74) is 0.370.